The predicted molar refractivity (Wildman–Crippen MR) is 154 cm³/mol. The Kier molecular flexibility index (Phi) is 6.17. The van der Waals surface area contributed by atoms with Crippen LogP contribution >= 0.6 is 11.3 Å². The van der Waals surface area contributed by atoms with Gasteiger partial charge in [-0.05, 0) is 68.1 Å². The van der Waals surface area contributed by atoms with Gasteiger partial charge in [0.05, 0.1) is 11.0 Å². The van der Waals surface area contributed by atoms with E-state index in [9.17, 15) is 0 Å². The highest BCUT2D eigenvalue weighted by Gasteiger charge is 2.19. The molecule has 9 heteroatoms. The normalized spacial score (nSPS) is 14.2. The van der Waals surface area contributed by atoms with Gasteiger partial charge in [0, 0.05) is 63.0 Å². The number of benzene rings is 1. The van der Waals surface area contributed by atoms with Gasteiger partial charge in [-0.25, -0.2) is 14.4 Å². The number of H-pyrrole nitrogens is 2. The van der Waals surface area contributed by atoms with Crippen LogP contribution in [0.3, 0.4) is 0 Å². The van der Waals surface area contributed by atoms with E-state index >= 15 is 4.39 Å². The second kappa shape index (κ2) is 9.98. The Bertz CT molecular complexity index is 1790. The highest BCUT2D eigenvalue weighted by molar-refractivity contribution is 7.15. The van der Waals surface area contributed by atoms with Crippen LogP contribution in [0.2, 0.25) is 0 Å². The van der Waals surface area contributed by atoms with Crippen molar-refractivity contribution in [3.05, 3.63) is 71.2 Å². The van der Waals surface area contributed by atoms with Gasteiger partial charge in [-0.2, -0.15) is 5.10 Å². The topological polar surface area (TPSA) is 95.2 Å². The number of nitrogens with zero attached hydrogens (tertiary/aromatic N) is 4. The summed E-state index contributed by atoms with van der Waals surface area (Å²) in [6.45, 7) is 3.83. The first-order valence-corrected chi connectivity index (χ1v) is 14.2. The SMILES string of the molecule is Cc1ccc(-c2ccnc3nc(-c4n[nH]c5cc(F)c(-c6cncc(CNCC7CCCC7)c6)cc45)[nH]c23)s1. The Morgan fingerprint density at radius 2 is 1.97 bits per heavy atom. The molecule has 0 spiro atoms. The summed E-state index contributed by atoms with van der Waals surface area (Å²) in [4.78, 5) is 19.5. The summed E-state index contributed by atoms with van der Waals surface area (Å²) in [5.74, 6) is 1.03. The van der Waals surface area contributed by atoms with E-state index in [0.717, 1.165) is 51.5 Å². The fourth-order valence-corrected chi connectivity index (χ4v) is 6.51. The Balaban J connectivity index is 1.23. The number of aromatic nitrogens is 6. The van der Waals surface area contributed by atoms with Crippen molar-refractivity contribution in [1.29, 1.82) is 0 Å². The molecule has 196 valence electrons. The number of aryl methyl sites for hydroxylation is 1. The van der Waals surface area contributed by atoms with Crippen molar-refractivity contribution in [1.82, 2.24) is 35.5 Å². The third-order valence-electron chi connectivity index (χ3n) is 7.62. The second-order valence-corrected chi connectivity index (χ2v) is 11.7. The van der Waals surface area contributed by atoms with E-state index in [1.807, 2.05) is 24.4 Å². The summed E-state index contributed by atoms with van der Waals surface area (Å²) < 4.78 is 15.3. The molecule has 1 aliphatic rings. The minimum atomic E-state index is -0.322. The molecular formula is C30H28FN7S. The molecule has 0 aliphatic heterocycles. The highest BCUT2D eigenvalue weighted by Crippen LogP contribution is 2.35. The molecule has 1 aromatic carbocycles. The van der Waals surface area contributed by atoms with E-state index in [0.29, 0.717) is 28.2 Å². The molecule has 0 saturated heterocycles. The first-order valence-electron chi connectivity index (χ1n) is 13.4. The summed E-state index contributed by atoms with van der Waals surface area (Å²) in [6, 6.07) is 11.6. The smallest absolute Gasteiger partial charge is 0.178 e. The number of thiophene rings is 1. The van der Waals surface area contributed by atoms with Gasteiger partial charge >= 0.3 is 0 Å². The zero-order valence-electron chi connectivity index (χ0n) is 21.6. The predicted octanol–water partition coefficient (Wildman–Crippen LogP) is 7.02. The molecule has 1 aliphatic carbocycles. The number of nitrogens with one attached hydrogen (secondary N) is 3. The largest absolute Gasteiger partial charge is 0.335 e. The first-order chi connectivity index (χ1) is 19.1. The zero-order chi connectivity index (χ0) is 26.3. The Morgan fingerprint density at radius 1 is 1.08 bits per heavy atom. The average molecular weight is 538 g/mol. The van der Waals surface area contributed by atoms with Gasteiger partial charge in [0.2, 0.25) is 0 Å². The Morgan fingerprint density at radius 3 is 2.82 bits per heavy atom. The van der Waals surface area contributed by atoms with Gasteiger partial charge in [-0.3, -0.25) is 10.1 Å². The number of imidazole rings is 1. The number of hydrogen-bond acceptors (Lipinski definition) is 6. The molecule has 5 aromatic heterocycles. The molecule has 0 amide bonds. The summed E-state index contributed by atoms with van der Waals surface area (Å²) in [5, 5.41) is 11.8. The Hall–Kier alpha value is -3.95. The number of pyridine rings is 2. The summed E-state index contributed by atoms with van der Waals surface area (Å²) in [5.41, 5.74) is 6.02. The lowest BCUT2D eigenvalue weighted by molar-refractivity contribution is 0.489. The third kappa shape index (κ3) is 4.62. The lowest BCUT2D eigenvalue weighted by Gasteiger charge is -2.11. The van der Waals surface area contributed by atoms with Crippen molar-refractivity contribution in [2.45, 2.75) is 39.2 Å². The maximum absolute atomic E-state index is 15.3. The van der Waals surface area contributed by atoms with Gasteiger partial charge in [0.25, 0.3) is 0 Å². The summed E-state index contributed by atoms with van der Waals surface area (Å²) in [6.07, 6.45) is 10.6. The zero-order valence-corrected chi connectivity index (χ0v) is 22.4. The minimum Gasteiger partial charge on any atom is -0.335 e. The quantitative estimate of drug-likeness (QED) is 0.203. The number of hydrogen-bond donors (Lipinski definition) is 3. The second-order valence-electron chi connectivity index (χ2n) is 10.4. The molecule has 1 saturated carbocycles. The van der Waals surface area contributed by atoms with Gasteiger partial charge in [0.1, 0.15) is 11.5 Å². The van der Waals surface area contributed by atoms with E-state index < -0.39 is 0 Å². The molecule has 7 rings (SSSR count). The van der Waals surface area contributed by atoms with Crippen LogP contribution < -0.4 is 5.32 Å². The van der Waals surface area contributed by atoms with Crippen molar-refractivity contribution in [3.8, 4) is 33.1 Å². The van der Waals surface area contributed by atoms with Gasteiger partial charge < -0.3 is 10.3 Å². The maximum Gasteiger partial charge on any atom is 0.178 e. The molecule has 0 bridgehead atoms. The van der Waals surface area contributed by atoms with E-state index in [2.05, 4.69) is 49.5 Å². The van der Waals surface area contributed by atoms with E-state index in [1.165, 1.54) is 36.6 Å². The van der Waals surface area contributed by atoms with Gasteiger partial charge in [-0.15, -0.1) is 11.3 Å². The van der Waals surface area contributed by atoms with Crippen LogP contribution in [0.4, 0.5) is 4.39 Å². The standard InChI is InChI=1S/C30H28FN7S/c1-17-6-7-26(39-17)21-8-9-34-29-27(21)35-30(36-29)28-23-11-22(24(31)12-25(23)37-38-28)20-10-19(15-33-16-20)14-32-13-18-4-2-3-5-18/h6-12,15-16,18,32H,2-5,13-14H2,1H3,(H,37,38)(H,34,35,36). The summed E-state index contributed by atoms with van der Waals surface area (Å²) in [7, 11) is 0. The fourth-order valence-electron chi connectivity index (χ4n) is 5.61. The van der Waals surface area contributed by atoms with Crippen molar-refractivity contribution in [2.24, 2.45) is 5.92 Å². The van der Waals surface area contributed by atoms with Crippen LogP contribution in [-0.4, -0.2) is 36.7 Å². The number of fused-ring (bicyclic) bond motifs is 2. The summed E-state index contributed by atoms with van der Waals surface area (Å²) >= 11 is 1.73. The van der Waals surface area contributed by atoms with Crippen LogP contribution in [0.1, 0.15) is 36.1 Å². The lowest BCUT2D eigenvalue weighted by Crippen LogP contribution is -2.20. The van der Waals surface area contributed by atoms with Crippen molar-refractivity contribution < 1.29 is 4.39 Å². The van der Waals surface area contributed by atoms with Crippen molar-refractivity contribution in [2.75, 3.05) is 6.54 Å². The fraction of sp³-hybridized carbons (Fsp3) is 0.267. The molecule has 0 unspecified atom stereocenters. The molecule has 3 N–H and O–H groups in total. The van der Waals surface area contributed by atoms with Crippen LogP contribution in [0, 0.1) is 18.7 Å². The number of rotatable bonds is 7. The van der Waals surface area contributed by atoms with Crippen molar-refractivity contribution in [3.63, 3.8) is 0 Å². The highest BCUT2D eigenvalue weighted by atomic mass is 32.1. The molecule has 7 nitrogen and oxygen atoms in total. The maximum atomic E-state index is 15.3. The molecular weight excluding hydrogens is 509 g/mol. The minimum absolute atomic E-state index is 0.322. The van der Waals surface area contributed by atoms with Crippen LogP contribution in [0.5, 0.6) is 0 Å². The third-order valence-corrected chi connectivity index (χ3v) is 8.65. The number of halogens is 1. The van der Waals surface area contributed by atoms with E-state index in [4.69, 9.17) is 4.98 Å². The molecule has 5 heterocycles. The van der Waals surface area contributed by atoms with Gasteiger partial charge in [-0.1, -0.05) is 12.8 Å². The average Bonchev–Trinajstić information content (AvgIpc) is 3.74. The molecule has 1 fully saturated rings. The van der Waals surface area contributed by atoms with Crippen LogP contribution in [0.15, 0.2) is 55.0 Å². The van der Waals surface area contributed by atoms with E-state index in [1.54, 1.807) is 23.7 Å². The first kappa shape index (κ1) is 24.1. The Labute approximate surface area is 229 Å². The molecule has 0 atom stereocenters. The molecule has 6 aromatic rings. The number of aromatic amines is 2. The van der Waals surface area contributed by atoms with Crippen molar-refractivity contribution >= 4 is 33.4 Å². The monoisotopic (exact) mass is 537 g/mol. The van der Waals surface area contributed by atoms with Gasteiger partial charge in [0.15, 0.2) is 11.5 Å². The molecule has 0 radical (unpaired) electrons. The lowest BCUT2D eigenvalue weighted by atomic mass is 10.0. The molecule has 39 heavy (non-hydrogen) atoms. The van der Waals surface area contributed by atoms with E-state index in [-0.39, 0.29) is 5.82 Å². The van der Waals surface area contributed by atoms with Crippen LogP contribution in [0.25, 0.3) is 55.2 Å². The van der Waals surface area contributed by atoms with Crippen LogP contribution in [-0.2, 0) is 6.54 Å².